The molecule has 0 fully saturated rings. The average molecular weight is 109 g/mol. The summed E-state index contributed by atoms with van der Waals surface area (Å²) in [6.45, 7) is 3.34. The molecular formula is C5H7N3. The topological polar surface area (TPSA) is 36.8 Å². The third-order valence-electron chi connectivity index (χ3n) is 0.853. The van der Waals surface area contributed by atoms with Gasteiger partial charge in [-0.3, -0.25) is 4.99 Å². The average Bonchev–Trinajstić information content (AvgIpc) is 1.90. The minimum absolute atomic E-state index is 0.0729. The van der Waals surface area contributed by atoms with Crippen molar-refractivity contribution in [2.45, 2.75) is 6.17 Å². The first kappa shape index (κ1) is 5.03. The van der Waals surface area contributed by atoms with Crippen molar-refractivity contribution in [3.8, 4) is 0 Å². The molecule has 0 saturated carbocycles. The van der Waals surface area contributed by atoms with Crippen LogP contribution in [0.2, 0.25) is 0 Å². The first-order valence-electron chi connectivity index (χ1n) is 2.33. The van der Waals surface area contributed by atoms with Crippen LogP contribution in [0.3, 0.4) is 0 Å². The number of rotatable bonds is 1. The Morgan fingerprint density at radius 2 is 2.62 bits per heavy atom. The van der Waals surface area contributed by atoms with Gasteiger partial charge in [0.15, 0.2) is 6.17 Å². The van der Waals surface area contributed by atoms with Crippen molar-refractivity contribution in [3.63, 3.8) is 0 Å². The van der Waals surface area contributed by atoms with Crippen molar-refractivity contribution < 1.29 is 0 Å². The summed E-state index contributed by atoms with van der Waals surface area (Å²) < 4.78 is 0. The fourth-order valence-corrected chi connectivity index (χ4v) is 0.462. The van der Waals surface area contributed by atoms with Crippen molar-refractivity contribution in [3.05, 3.63) is 12.3 Å². The van der Waals surface area contributed by atoms with Crippen LogP contribution >= 0.6 is 0 Å². The van der Waals surface area contributed by atoms with E-state index in [1.54, 1.807) is 12.5 Å². The molecule has 1 unspecified atom stereocenters. The zero-order valence-electron chi connectivity index (χ0n) is 4.41. The predicted octanol–water partition coefficient (Wildman–Crippen LogP) is 0.158. The molecule has 1 atom stereocenters. The van der Waals surface area contributed by atoms with E-state index < -0.39 is 0 Å². The van der Waals surface area contributed by atoms with Crippen LogP contribution < -0.4 is 5.32 Å². The molecule has 0 bridgehead atoms. The SMILES string of the molecule is C=NC1C=CNC=N1. The summed E-state index contributed by atoms with van der Waals surface area (Å²) in [7, 11) is 0. The number of nitrogens with one attached hydrogen (secondary N) is 1. The lowest BCUT2D eigenvalue weighted by atomic mass is 10.5. The Labute approximate surface area is 47.8 Å². The molecular weight excluding hydrogens is 102 g/mol. The second-order valence-electron chi connectivity index (χ2n) is 1.40. The Morgan fingerprint density at radius 3 is 3.00 bits per heavy atom. The van der Waals surface area contributed by atoms with E-state index in [1.807, 2.05) is 6.08 Å². The van der Waals surface area contributed by atoms with Crippen LogP contribution in [0.15, 0.2) is 22.3 Å². The molecule has 1 heterocycles. The molecule has 1 aliphatic heterocycles. The monoisotopic (exact) mass is 109 g/mol. The van der Waals surface area contributed by atoms with Crippen LogP contribution in [0.5, 0.6) is 0 Å². The van der Waals surface area contributed by atoms with Gasteiger partial charge in [-0.2, -0.15) is 0 Å². The highest BCUT2D eigenvalue weighted by molar-refractivity contribution is 5.57. The second kappa shape index (κ2) is 2.26. The largest absolute Gasteiger partial charge is 0.353 e. The van der Waals surface area contributed by atoms with E-state index >= 15 is 0 Å². The number of nitrogens with zero attached hydrogens (tertiary/aromatic N) is 2. The van der Waals surface area contributed by atoms with Gasteiger partial charge in [0.2, 0.25) is 0 Å². The highest BCUT2D eigenvalue weighted by Crippen LogP contribution is 1.94. The van der Waals surface area contributed by atoms with Crippen LogP contribution in [0, 0.1) is 0 Å². The molecule has 3 nitrogen and oxygen atoms in total. The summed E-state index contributed by atoms with van der Waals surface area (Å²) >= 11 is 0. The summed E-state index contributed by atoms with van der Waals surface area (Å²) in [6.07, 6.45) is 5.13. The lowest BCUT2D eigenvalue weighted by Crippen LogP contribution is -2.10. The molecule has 0 saturated heterocycles. The van der Waals surface area contributed by atoms with Gasteiger partial charge in [0.1, 0.15) is 0 Å². The van der Waals surface area contributed by atoms with Gasteiger partial charge in [0, 0.05) is 6.20 Å². The lowest BCUT2D eigenvalue weighted by Gasteiger charge is -2.02. The Kier molecular flexibility index (Phi) is 1.42. The first-order chi connectivity index (χ1) is 3.93. The van der Waals surface area contributed by atoms with E-state index in [0.29, 0.717) is 0 Å². The van der Waals surface area contributed by atoms with Gasteiger partial charge in [0.05, 0.1) is 6.34 Å². The molecule has 8 heavy (non-hydrogen) atoms. The van der Waals surface area contributed by atoms with E-state index in [-0.39, 0.29) is 6.17 Å². The molecule has 1 rings (SSSR count). The molecule has 0 aromatic heterocycles. The summed E-state index contributed by atoms with van der Waals surface area (Å²) in [5.74, 6) is 0. The van der Waals surface area contributed by atoms with Crippen LogP contribution in [-0.4, -0.2) is 19.2 Å². The van der Waals surface area contributed by atoms with E-state index in [2.05, 4.69) is 22.0 Å². The van der Waals surface area contributed by atoms with Crippen molar-refractivity contribution in [2.75, 3.05) is 0 Å². The summed E-state index contributed by atoms with van der Waals surface area (Å²) in [4.78, 5) is 7.57. The Balaban J connectivity index is 2.54. The van der Waals surface area contributed by atoms with Gasteiger partial charge in [-0.1, -0.05) is 0 Å². The fraction of sp³-hybridized carbons (Fsp3) is 0.200. The van der Waals surface area contributed by atoms with E-state index in [4.69, 9.17) is 0 Å². The predicted molar refractivity (Wildman–Crippen MR) is 34.1 cm³/mol. The first-order valence-corrected chi connectivity index (χ1v) is 2.33. The van der Waals surface area contributed by atoms with Crippen molar-refractivity contribution in [1.82, 2.24) is 5.32 Å². The standard InChI is InChI=1S/C5H7N3/c1-6-5-2-3-7-4-8-5/h2-5H,1H2,(H,7,8). The van der Waals surface area contributed by atoms with E-state index in [0.717, 1.165) is 0 Å². The molecule has 42 valence electrons. The van der Waals surface area contributed by atoms with Gasteiger partial charge in [0.25, 0.3) is 0 Å². The number of aliphatic imine (C=N–C) groups is 2. The van der Waals surface area contributed by atoms with Crippen LogP contribution in [0.4, 0.5) is 0 Å². The van der Waals surface area contributed by atoms with Crippen LogP contribution in [-0.2, 0) is 0 Å². The third-order valence-corrected chi connectivity index (χ3v) is 0.853. The Bertz CT molecular complexity index is 125. The smallest absolute Gasteiger partial charge is 0.160 e. The highest BCUT2D eigenvalue weighted by atomic mass is 15.1. The third kappa shape index (κ3) is 0.932. The van der Waals surface area contributed by atoms with Gasteiger partial charge in [-0.15, -0.1) is 0 Å². The summed E-state index contributed by atoms with van der Waals surface area (Å²) in [5, 5.41) is 2.79. The van der Waals surface area contributed by atoms with Crippen molar-refractivity contribution >= 4 is 13.1 Å². The molecule has 0 radical (unpaired) electrons. The zero-order valence-corrected chi connectivity index (χ0v) is 4.41. The number of hydrogen-bond acceptors (Lipinski definition) is 3. The fourth-order valence-electron chi connectivity index (χ4n) is 0.462. The van der Waals surface area contributed by atoms with Crippen LogP contribution in [0.1, 0.15) is 0 Å². The van der Waals surface area contributed by atoms with E-state index in [1.165, 1.54) is 0 Å². The summed E-state index contributed by atoms with van der Waals surface area (Å²) in [5.41, 5.74) is 0. The lowest BCUT2D eigenvalue weighted by molar-refractivity contribution is 0.863. The molecule has 0 spiro atoms. The minimum Gasteiger partial charge on any atom is -0.353 e. The maximum atomic E-state index is 3.90. The van der Waals surface area contributed by atoms with E-state index in [9.17, 15) is 0 Å². The zero-order chi connectivity index (χ0) is 5.82. The molecule has 0 amide bonds. The summed E-state index contributed by atoms with van der Waals surface area (Å²) in [6, 6.07) is 0. The maximum Gasteiger partial charge on any atom is 0.160 e. The molecule has 1 aliphatic rings. The highest BCUT2D eigenvalue weighted by Gasteiger charge is 1.94. The molecule has 0 aromatic carbocycles. The normalized spacial score (nSPS) is 24.8. The second-order valence-corrected chi connectivity index (χ2v) is 1.40. The van der Waals surface area contributed by atoms with Crippen molar-refractivity contribution in [1.29, 1.82) is 0 Å². The van der Waals surface area contributed by atoms with Crippen LogP contribution in [0.25, 0.3) is 0 Å². The molecule has 0 aliphatic carbocycles. The minimum atomic E-state index is -0.0729. The number of hydrogen-bond donors (Lipinski definition) is 1. The Morgan fingerprint density at radius 1 is 1.75 bits per heavy atom. The van der Waals surface area contributed by atoms with Gasteiger partial charge < -0.3 is 5.32 Å². The van der Waals surface area contributed by atoms with Gasteiger partial charge in [-0.05, 0) is 12.8 Å². The van der Waals surface area contributed by atoms with Crippen molar-refractivity contribution in [2.24, 2.45) is 9.98 Å². The quantitative estimate of drug-likeness (QED) is 0.478. The van der Waals surface area contributed by atoms with Gasteiger partial charge in [-0.25, -0.2) is 4.99 Å². The Hall–Kier alpha value is -1.12. The molecule has 3 heteroatoms. The maximum absolute atomic E-state index is 3.90. The van der Waals surface area contributed by atoms with Gasteiger partial charge >= 0.3 is 0 Å². The molecule has 1 N–H and O–H groups in total. The molecule has 0 aromatic rings.